The molecule has 1 saturated heterocycles. The van der Waals surface area contributed by atoms with E-state index < -0.39 is 0 Å². The molecule has 0 amide bonds. The van der Waals surface area contributed by atoms with Crippen LogP contribution in [0.5, 0.6) is 0 Å². The minimum Gasteiger partial charge on any atom is -0.383 e. The predicted molar refractivity (Wildman–Crippen MR) is 132 cm³/mol. The quantitative estimate of drug-likeness (QED) is 0.532. The molecular formula is C26H34N6. The fourth-order valence-electron chi connectivity index (χ4n) is 4.24. The SMILES string of the molecule is C1CCCCC1.Nc1nc(Nc2ccccc2)ncc1-c1ccc(CN2CCCC2)cn1. The van der Waals surface area contributed by atoms with Crippen molar-refractivity contribution in [2.24, 2.45) is 0 Å². The van der Waals surface area contributed by atoms with Gasteiger partial charge >= 0.3 is 0 Å². The highest BCUT2D eigenvalue weighted by atomic mass is 15.1. The van der Waals surface area contributed by atoms with Crippen molar-refractivity contribution in [3.05, 3.63) is 60.4 Å². The Balaban J connectivity index is 0.000000354. The highest BCUT2D eigenvalue weighted by molar-refractivity contribution is 5.71. The third kappa shape index (κ3) is 6.50. The number of nitrogens with two attached hydrogens (primary N) is 1. The normalized spacial score (nSPS) is 16.2. The zero-order chi connectivity index (χ0) is 22.0. The second-order valence-corrected chi connectivity index (χ2v) is 8.64. The van der Waals surface area contributed by atoms with Gasteiger partial charge in [0.25, 0.3) is 0 Å². The van der Waals surface area contributed by atoms with Crippen molar-refractivity contribution in [2.45, 2.75) is 57.9 Å². The standard InChI is InChI=1S/C20H22N6.C6H12/c21-19-17(13-23-20(25-19)24-16-6-2-1-3-7-16)18-9-8-15(12-22-18)14-26-10-4-5-11-26;1-2-4-6-5-3-1/h1-3,6-9,12-13H,4-5,10-11,14H2,(H3,21,23,24,25);1-6H2. The highest BCUT2D eigenvalue weighted by Gasteiger charge is 2.13. The monoisotopic (exact) mass is 430 g/mol. The van der Waals surface area contributed by atoms with Crippen LogP contribution < -0.4 is 11.1 Å². The predicted octanol–water partition coefficient (Wildman–Crippen LogP) is 5.80. The minimum atomic E-state index is 0.415. The average molecular weight is 431 g/mol. The molecule has 3 aromatic rings. The van der Waals surface area contributed by atoms with Crippen molar-refractivity contribution in [2.75, 3.05) is 24.1 Å². The topological polar surface area (TPSA) is 80.0 Å². The number of nitrogens with one attached hydrogen (secondary N) is 1. The largest absolute Gasteiger partial charge is 0.383 e. The summed E-state index contributed by atoms with van der Waals surface area (Å²) < 4.78 is 0. The number of aromatic nitrogens is 3. The van der Waals surface area contributed by atoms with Crippen LogP contribution in [0.25, 0.3) is 11.3 Å². The lowest BCUT2D eigenvalue weighted by atomic mass is 10.0. The number of benzene rings is 1. The van der Waals surface area contributed by atoms with Crippen molar-refractivity contribution in [3.63, 3.8) is 0 Å². The van der Waals surface area contributed by atoms with Crippen LogP contribution in [-0.2, 0) is 6.54 Å². The summed E-state index contributed by atoms with van der Waals surface area (Å²) >= 11 is 0. The van der Waals surface area contributed by atoms with Crippen LogP contribution in [0.4, 0.5) is 17.5 Å². The van der Waals surface area contributed by atoms with Crippen LogP contribution in [-0.4, -0.2) is 32.9 Å². The van der Waals surface area contributed by atoms with E-state index in [0.717, 1.165) is 23.5 Å². The first kappa shape index (κ1) is 22.2. The summed E-state index contributed by atoms with van der Waals surface area (Å²) in [6.45, 7) is 3.32. The van der Waals surface area contributed by atoms with Gasteiger partial charge in [0.1, 0.15) is 5.82 Å². The zero-order valence-corrected chi connectivity index (χ0v) is 18.8. The number of rotatable bonds is 5. The molecule has 0 unspecified atom stereocenters. The van der Waals surface area contributed by atoms with Crippen LogP contribution in [0.2, 0.25) is 0 Å². The van der Waals surface area contributed by atoms with Crippen LogP contribution in [0.3, 0.4) is 0 Å². The van der Waals surface area contributed by atoms with Gasteiger partial charge in [-0.25, -0.2) is 4.98 Å². The third-order valence-corrected chi connectivity index (χ3v) is 6.05. The molecule has 1 aliphatic heterocycles. The van der Waals surface area contributed by atoms with Gasteiger partial charge in [-0.3, -0.25) is 9.88 Å². The number of para-hydroxylation sites is 1. The van der Waals surface area contributed by atoms with Gasteiger partial charge in [0.2, 0.25) is 5.95 Å². The summed E-state index contributed by atoms with van der Waals surface area (Å²) in [4.78, 5) is 15.7. The molecule has 3 N–H and O–H groups in total. The molecule has 0 atom stereocenters. The Kier molecular flexibility index (Phi) is 8.04. The van der Waals surface area contributed by atoms with Gasteiger partial charge in [-0.1, -0.05) is 62.8 Å². The lowest BCUT2D eigenvalue weighted by Gasteiger charge is -2.14. The lowest BCUT2D eigenvalue weighted by molar-refractivity contribution is 0.331. The first-order valence-corrected chi connectivity index (χ1v) is 11.9. The lowest BCUT2D eigenvalue weighted by Crippen LogP contribution is -2.18. The van der Waals surface area contributed by atoms with Crippen molar-refractivity contribution >= 4 is 17.5 Å². The van der Waals surface area contributed by atoms with E-state index in [1.807, 2.05) is 42.6 Å². The molecule has 0 spiro atoms. The number of pyridine rings is 1. The molecular weight excluding hydrogens is 396 g/mol. The van der Waals surface area contributed by atoms with E-state index in [9.17, 15) is 0 Å². The summed E-state index contributed by atoms with van der Waals surface area (Å²) in [6.07, 6.45) is 15.2. The van der Waals surface area contributed by atoms with Gasteiger partial charge in [0.05, 0.1) is 11.3 Å². The Bertz CT molecular complexity index is 936. The molecule has 6 heteroatoms. The van der Waals surface area contributed by atoms with Crippen molar-refractivity contribution in [1.82, 2.24) is 19.9 Å². The molecule has 1 aliphatic carbocycles. The fourth-order valence-corrected chi connectivity index (χ4v) is 4.24. The maximum Gasteiger partial charge on any atom is 0.229 e. The van der Waals surface area contributed by atoms with Gasteiger partial charge < -0.3 is 11.1 Å². The summed E-state index contributed by atoms with van der Waals surface area (Å²) in [5, 5.41) is 3.14. The Morgan fingerprint density at radius 2 is 1.47 bits per heavy atom. The van der Waals surface area contributed by atoms with E-state index in [4.69, 9.17) is 5.73 Å². The summed E-state index contributed by atoms with van der Waals surface area (Å²) in [7, 11) is 0. The first-order chi connectivity index (χ1) is 15.8. The average Bonchev–Trinajstić information content (AvgIpc) is 3.35. The Hall–Kier alpha value is -2.99. The Morgan fingerprint density at radius 1 is 0.781 bits per heavy atom. The molecule has 3 heterocycles. The number of hydrogen-bond donors (Lipinski definition) is 2. The second kappa shape index (κ2) is 11.6. The summed E-state index contributed by atoms with van der Waals surface area (Å²) in [5.41, 5.74) is 9.82. The van der Waals surface area contributed by atoms with Crippen molar-refractivity contribution in [3.8, 4) is 11.3 Å². The maximum atomic E-state index is 6.14. The third-order valence-electron chi connectivity index (χ3n) is 6.05. The molecule has 1 aromatic carbocycles. The van der Waals surface area contributed by atoms with Gasteiger partial charge in [-0.2, -0.15) is 4.98 Å². The molecule has 0 radical (unpaired) electrons. The van der Waals surface area contributed by atoms with Gasteiger partial charge in [-0.05, 0) is 49.7 Å². The number of nitrogen functional groups attached to an aromatic ring is 1. The van der Waals surface area contributed by atoms with Crippen molar-refractivity contribution < 1.29 is 0 Å². The second-order valence-electron chi connectivity index (χ2n) is 8.64. The molecule has 5 rings (SSSR count). The number of likely N-dealkylation sites (tertiary alicyclic amines) is 1. The minimum absolute atomic E-state index is 0.415. The van der Waals surface area contributed by atoms with Gasteiger partial charge in [-0.15, -0.1) is 0 Å². The first-order valence-electron chi connectivity index (χ1n) is 11.9. The van der Waals surface area contributed by atoms with E-state index in [2.05, 4.69) is 31.2 Å². The highest BCUT2D eigenvalue weighted by Crippen LogP contribution is 2.24. The zero-order valence-electron chi connectivity index (χ0n) is 18.8. The summed E-state index contributed by atoms with van der Waals surface area (Å²) in [6, 6.07) is 13.9. The van der Waals surface area contributed by atoms with Crippen LogP contribution in [0.1, 0.15) is 56.9 Å². The van der Waals surface area contributed by atoms with E-state index >= 15 is 0 Å². The maximum absolute atomic E-state index is 6.14. The van der Waals surface area contributed by atoms with Crippen molar-refractivity contribution in [1.29, 1.82) is 0 Å². The Labute approximate surface area is 191 Å². The number of nitrogens with zero attached hydrogens (tertiary/aromatic N) is 4. The van der Waals surface area contributed by atoms with E-state index in [0.29, 0.717) is 11.8 Å². The number of hydrogen-bond acceptors (Lipinski definition) is 6. The van der Waals surface area contributed by atoms with Gasteiger partial charge in [0.15, 0.2) is 0 Å². The van der Waals surface area contributed by atoms with Gasteiger partial charge in [0, 0.05) is 24.6 Å². The number of anilines is 3. The molecule has 6 nitrogen and oxygen atoms in total. The fraction of sp³-hybridized carbons (Fsp3) is 0.423. The molecule has 2 aromatic heterocycles. The van der Waals surface area contributed by atoms with E-state index in [1.165, 1.54) is 70.0 Å². The Morgan fingerprint density at radius 3 is 2.06 bits per heavy atom. The smallest absolute Gasteiger partial charge is 0.229 e. The molecule has 2 fully saturated rings. The summed E-state index contributed by atoms with van der Waals surface area (Å²) in [5.74, 6) is 0.890. The molecule has 0 bridgehead atoms. The van der Waals surface area contributed by atoms with E-state index in [-0.39, 0.29) is 0 Å². The van der Waals surface area contributed by atoms with Crippen LogP contribution in [0.15, 0.2) is 54.9 Å². The van der Waals surface area contributed by atoms with Crippen LogP contribution in [0, 0.1) is 0 Å². The molecule has 32 heavy (non-hydrogen) atoms. The molecule has 2 aliphatic rings. The molecule has 168 valence electrons. The molecule has 1 saturated carbocycles. The van der Waals surface area contributed by atoms with E-state index in [1.54, 1.807) is 6.20 Å². The van der Waals surface area contributed by atoms with Crippen LogP contribution >= 0.6 is 0 Å².